The van der Waals surface area contributed by atoms with Crippen LogP contribution in [0, 0.1) is 0 Å². The van der Waals surface area contributed by atoms with Gasteiger partial charge in [-0.15, -0.1) is 13.2 Å². The third-order valence-corrected chi connectivity index (χ3v) is 2.44. The number of rotatable bonds is 4. The maximum Gasteiger partial charge on any atom is 0.573 e. The van der Waals surface area contributed by atoms with Crippen molar-refractivity contribution in [3.05, 3.63) is 36.0 Å². The minimum Gasteiger partial charge on any atom is -0.461 e. The first-order chi connectivity index (χ1) is 9.89. The van der Waals surface area contributed by atoms with E-state index in [0.29, 0.717) is 11.3 Å². The third-order valence-electron chi connectivity index (χ3n) is 2.44. The van der Waals surface area contributed by atoms with Crippen molar-refractivity contribution in [2.75, 3.05) is 6.61 Å². The van der Waals surface area contributed by atoms with Crippen molar-refractivity contribution in [1.29, 1.82) is 0 Å². The first-order valence-corrected chi connectivity index (χ1v) is 5.98. The van der Waals surface area contributed by atoms with Crippen molar-refractivity contribution in [2.24, 2.45) is 0 Å². The van der Waals surface area contributed by atoms with E-state index in [1.165, 1.54) is 24.3 Å². The van der Waals surface area contributed by atoms with Gasteiger partial charge in [-0.05, 0) is 25.1 Å². The summed E-state index contributed by atoms with van der Waals surface area (Å²) in [5, 5.41) is 6.33. The number of halogens is 3. The molecule has 112 valence electrons. The lowest BCUT2D eigenvalue weighted by Crippen LogP contribution is -2.17. The van der Waals surface area contributed by atoms with E-state index < -0.39 is 12.3 Å². The van der Waals surface area contributed by atoms with Gasteiger partial charge in [0.15, 0.2) is 0 Å². The third kappa shape index (κ3) is 3.98. The molecule has 0 bridgehead atoms. The molecule has 0 unspecified atom stereocenters. The number of alkyl halides is 3. The van der Waals surface area contributed by atoms with E-state index >= 15 is 0 Å². The minimum absolute atomic E-state index is 0.119. The van der Waals surface area contributed by atoms with Crippen LogP contribution in [0.15, 0.2) is 30.3 Å². The SMILES string of the molecule is CCOC(=O)c1cc(-c2cccc(OC(F)(F)F)c2)n[nH]1. The largest absolute Gasteiger partial charge is 0.573 e. The van der Waals surface area contributed by atoms with Crippen LogP contribution in [-0.4, -0.2) is 29.1 Å². The molecule has 0 aliphatic heterocycles. The number of H-pyrrole nitrogens is 1. The van der Waals surface area contributed by atoms with Crippen molar-refractivity contribution < 1.29 is 27.4 Å². The number of hydrogen-bond acceptors (Lipinski definition) is 4. The van der Waals surface area contributed by atoms with Crippen LogP contribution in [0.1, 0.15) is 17.4 Å². The highest BCUT2D eigenvalue weighted by Gasteiger charge is 2.31. The smallest absolute Gasteiger partial charge is 0.461 e. The van der Waals surface area contributed by atoms with Gasteiger partial charge in [0, 0.05) is 5.56 Å². The maximum atomic E-state index is 12.2. The lowest BCUT2D eigenvalue weighted by Gasteiger charge is -2.09. The number of aromatic amines is 1. The predicted molar refractivity (Wildman–Crippen MR) is 66.7 cm³/mol. The van der Waals surface area contributed by atoms with Gasteiger partial charge in [0.2, 0.25) is 0 Å². The highest BCUT2D eigenvalue weighted by Crippen LogP contribution is 2.27. The zero-order valence-electron chi connectivity index (χ0n) is 10.9. The maximum absolute atomic E-state index is 12.2. The Morgan fingerprint density at radius 3 is 2.76 bits per heavy atom. The average molecular weight is 300 g/mol. The standard InChI is InChI=1S/C13H11F3N2O3/c1-2-20-12(19)11-7-10(17-18-11)8-4-3-5-9(6-8)21-13(14,15)16/h3-7H,2H2,1H3,(H,17,18). The van der Waals surface area contributed by atoms with Crippen molar-refractivity contribution in [2.45, 2.75) is 13.3 Å². The van der Waals surface area contributed by atoms with Crippen molar-refractivity contribution in [3.63, 3.8) is 0 Å². The summed E-state index contributed by atoms with van der Waals surface area (Å²) in [5.74, 6) is -0.945. The molecular weight excluding hydrogens is 289 g/mol. The predicted octanol–water partition coefficient (Wildman–Crippen LogP) is 3.15. The summed E-state index contributed by atoms with van der Waals surface area (Å²) < 4.78 is 45.1. The summed E-state index contributed by atoms with van der Waals surface area (Å²) in [5.41, 5.74) is 0.809. The number of esters is 1. The zero-order valence-corrected chi connectivity index (χ0v) is 10.9. The molecule has 0 spiro atoms. The average Bonchev–Trinajstić information content (AvgIpc) is 2.87. The van der Waals surface area contributed by atoms with E-state index in [0.717, 1.165) is 0 Å². The molecule has 2 aromatic rings. The molecule has 21 heavy (non-hydrogen) atoms. The van der Waals surface area contributed by atoms with Gasteiger partial charge in [-0.3, -0.25) is 5.10 Å². The first-order valence-electron chi connectivity index (χ1n) is 5.98. The van der Waals surface area contributed by atoms with E-state index in [1.807, 2.05) is 0 Å². The lowest BCUT2D eigenvalue weighted by atomic mass is 10.1. The van der Waals surface area contributed by atoms with Gasteiger partial charge in [-0.1, -0.05) is 12.1 Å². The van der Waals surface area contributed by atoms with Crippen LogP contribution in [0.25, 0.3) is 11.3 Å². The van der Waals surface area contributed by atoms with Crippen LogP contribution in [0.2, 0.25) is 0 Å². The van der Waals surface area contributed by atoms with Crippen LogP contribution in [-0.2, 0) is 4.74 Å². The van der Waals surface area contributed by atoms with Crippen LogP contribution >= 0.6 is 0 Å². The van der Waals surface area contributed by atoms with E-state index in [-0.39, 0.29) is 18.1 Å². The van der Waals surface area contributed by atoms with Crippen LogP contribution < -0.4 is 4.74 Å². The van der Waals surface area contributed by atoms with Crippen molar-refractivity contribution in [1.82, 2.24) is 10.2 Å². The second-order valence-electron chi connectivity index (χ2n) is 3.96. The Labute approximate surface area is 117 Å². The monoisotopic (exact) mass is 300 g/mol. The van der Waals surface area contributed by atoms with Crippen LogP contribution in [0.5, 0.6) is 5.75 Å². The Hall–Kier alpha value is -2.51. The normalized spacial score (nSPS) is 11.2. The van der Waals surface area contributed by atoms with Gasteiger partial charge < -0.3 is 9.47 Å². The Kier molecular flexibility index (Phi) is 4.15. The number of hydrogen-bond donors (Lipinski definition) is 1. The Morgan fingerprint density at radius 1 is 1.33 bits per heavy atom. The van der Waals surface area contributed by atoms with Gasteiger partial charge in [-0.25, -0.2) is 4.79 Å². The number of nitrogens with one attached hydrogen (secondary N) is 1. The second-order valence-corrected chi connectivity index (χ2v) is 3.96. The first kappa shape index (κ1) is 14.9. The molecular formula is C13H11F3N2O3. The molecule has 8 heteroatoms. The summed E-state index contributed by atoms with van der Waals surface area (Å²) in [6.07, 6.45) is -4.76. The van der Waals surface area contributed by atoms with Crippen LogP contribution in [0.3, 0.4) is 0 Å². The molecule has 0 amide bonds. The molecule has 1 aromatic carbocycles. The summed E-state index contributed by atoms with van der Waals surface area (Å²) in [4.78, 5) is 11.5. The van der Waals surface area contributed by atoms with Gasteiger partial charge in [-0.2, -0.15) is 5.10 Å². The molecule has 0 saturated carbocycles. The summed E-state index contributed by atoms with van der Waals surface area (Å²) >= 11 is 0. The quantitative estimate of drug-likeness (QED) is 0.881. The Balaban J connectivity index is 2.22. The molecule has 0 fully saturated rings. The van der Waals surface area contributed by atoms with Gasteiger partial charge in [0.25, 0.3) is 0 Å². The van der Waals surface area contributed by atoms with E-state index in [1.54, 1.807) is 13.0 Å². The molecule has 2 rings (SSSR count). The highest BCUT2D eigenvalue weighted by atomic mass is 19.4. The number of nitrogens with zero attached hydrogens (tertiary/aromatic N) is 1. The fraction of sp³-hybridized carbons (Fsp3) is 0.231. The number of aromatic nitrogens is 2. The Morgan fingerprint density at radius 2 is 2.10 bits per heavy atom. The molecule has 0 saturated heterocycles. The van der Waals surface area contributed by atoms with Gasteiger partial charge in [0.05, 0.1) is 12.3 Å². The van der Waals surface area contributed by atoms with Crippen molar-refractivity contribution >= 4 is 5.97 Å². The second kappa shape index (κ2) is 5.86. The van der Waals surface area contributed by atoms with Gasteiger partial charge >= 0.3 is 12.3 Å². The number of carbonyl (C=O) groups is 1. The summed E-state index contributed by atoms with van der Waals surface area (Å²) in [6, 6.07) is 6.70. The molecule has 0 radical (unpaired) electrons. The number of carbonyl (C=O) groups excluding carboxylic acids is 1. The molecule has 0 aliphatic carbocycles. The molecule has 5 nitrogen and oxygen atoms in total. The highest BCUT2D eigenvalue weighted by molar-refractivity contribution is 5.88. The zero-order chi connectivity index (χ0) is 15.5. The molecule has 1 heterocycles. The Bertz CT molecular complexity index is 638. The number of benzene rings is 1. The van der Waals surface area contributed by atoms with Crippen molar-refractivity contribution in [3.8, 4) is 17.0 Å². The minimum atomic E-state index is -4.76. The fourth-order valence-corrected chi connectivity index (χ4v) is 1.64. The molecule has 0 aliphatic rings. The van der Waals surface area contributed by atoms with Gasteiger partial charge in [0.1, 0.15) is 11.4 Å². The molecule has 1 aromatic heterocycles. The fourth-order valence-electron chi connectivity index (χ4n) is 1.64. The van der Waals surface area contributed by atoms with E-state index in [4.69, 9.17) is 4.74 Å². The van der Waals surface area contributed by atoms with E-state index in [9.17, 15) is 18.0 Å². The molecule has 1 N–H and O–H groups in total. The lowest BCUT2D eigenvalue weighted by molar-refractivity contribution is -0.274. The number of ether oxygens (including phenoxy) is 2. The summed E-state index contributed by atoms with van der Waals surface area (Å²) in [6.45, 7) is 1.87. The topological polar surface area (TPSA) is 64.2 Å². The van der Waals surface area contributed by atoms with Crippen LogP contribution in [0.4, 0.5) is 13.2 Å². The summed E-state index contributed by atoms with van der Waals surface area (Å²) in [7, 11) is 0. The van der Waals surface area contributed by atoms with E-state index in [2.05, 4.69) is 14.9 Å². The molecule has 0 atom stereocenters.